The number of nitrogens with two attached hydrogens (primary N) is 1. The molecule has 120 valence electrons. The molecule has 3 N–H and O–H groups in total. The average molecular weight is 317 g/mol. The van der Waals surface area contributed by atoms with E-state index in [9.17, 15) is 5.11 Å². The van der Waals surface area contributed by atoms with Crippen LogP contribution in [0.15, 0.2) is 65.8 Å². The summed E-state index contributed by atoms with van der Waals surface area (Å²) in [4.78, 5) is 8.65. The van der Waals surface area contributed by atoms with Crippen molar-refractivity contribution in [3.63, 3.8) is 0 Å². The Morgan fingerprint density at radius 2 is 1.79 bits per heavy atom. The van der Waals surface area contributed by atoms with Crippen molar-refractivity contribution < 1.29 is 5.11 Å². The Bertz CT molecular complexity index is 902. The highest BCUT2D eigenvalue weighted by Crippen LogP contribution is 2.34. The predicted molar refractivity (Wildman–Crippen MR) is 99.3 cm³/mol. The van der Waals surface area contributed by atoms with E-state index in [0.717, 1.165) is 33.7 Å². The van der Waals surface area contributed by atoms with E-state index in [0.29, 0.717) is 5.69 Å². The first-order valence-electron chi connectivity index (χ1n) is 7.68. The SMILES string of the molecule is CN=C(C)c1cc(-c2cc(O)cnc2-c2ccccc2)ccc1N. The standard InChI is InChI=1S/C20H19N3O/c1-13(22-2)17-10-15(8-9-19(17)21)18-11-16(24)12-23-20(18)14-6-4-3-5-7-14/h3-12,24H,21H2,1-2H3. The average Bonchev–Trinajstić information content (AvgIpc) is 2.62. The molecule has 1 aromatic heterocycles. The summed E-state index contributed by atoms with van der Waals surface area (Å²) in [6.07, 6.45) is 1.46. The summed E-state index contributed by atoms with van der Waals surface area (Å²) >= 11 is 0. The van der Waals surface area contributed by atoms with Gasteiger partial charge in [-0.1, -0.05) is 36.4 Å². The molecule has 0 aliphatic carbocycles. The van der Waals surface area contributed by atoms with Gasteiger partial charge in [0.15, 0.2) is 0 Å². The fraction of sp³-hybridized carbons (Fsp3) is 0.100. The molecule has 24 heavy (non-hydrogen) atoms. The largest absolute Gasteiger partial charge is 0.506 e. The zero-order chi connectivity index (χ0) is 17.1. The Balaban J connectivity index is 2.22. The number of hydrogen-bond donors (Lipinski definition) is 2. The highest BCUT2D eigenvalue weighted by atomic mass is 16.3. The highest BCUT2D eigenvalue weighted by Gasteiger charge is 2.12. The van der Waals surface area contributed by atoms with Gasteiger partial charge in [0.1, 0.15) is 5.75 Å². The lowest BCUT2D eigenvalue weighted by Gasteiger charge is -2.12. The van der Waals surface area contributed by atoms with Gasteiger partial charge in [0.25, 0.3) is 0 Å². The number of nitrogens with zero attached hydrogens (tertiary/aromatic N) is 2. The molecule has 0 saturated carbocycles. The Morgan fingerprint density at radius 3 is 2.50 bits per heavy atom. The van der Waals surface area contributed by atoms with Crippen molar-refractivity contribution in [2.24, 2.45) is 4.99 Å². The minimum absolute atomic E-state index is 0.129. The third-order valence-corrected chi connectivity index (χ3v) is 4.01. The van der Waals surface area contributed by atoms with Crippen molar-refractivity contribution >= 4 is 11.4 Å². The van der Waals surface area contributed by atoms with Gasteiger partial charge in [-0.15, -0.1) is 0 Å². The summed E-state index contributed by atoms with van der Waals surface area (Å²) in [5.74, 6) is 0.129. The van der Waals surface area contributed by atoms with Crippen LogP contribution < -0.4 is 5.73 Å². The minimum atomic E-state index is 0.129. The molecular formula is C20H19N3O. The lowest BCUT2D eigenvalue weighted by molar-refractivity contribution is 0.473. The van der Waals surface area contributed by atoms with Crippen molar-refractivity contribution in [2.75, 3.05) is 12.8 Å². The molecule has 0 atom stereocenters. The Kier molecular flexibility index (Phi) is 4.29. The van der Waals surface area contributed by atoms with E-state index >= 15 is 0 Å². The van der Waals surface area contributed by atoms with Crippen LogP contribution in [0, 0.1) is 0 Å². The summed E-state index contributed by atoms with van der Waals surface area (Å²) in [6, 6.07) is 17.4. The monoisotopic (exact) mass is 317 g/mol. The predicted octanol–water partition coefficient (Wildman–Crippen LogP) is 4.14. The molecule has 0 aliphatic rings. The second-order valence-corrected chi connectivity index (χ2v) is 5.57. The zero-order valence-electron chi connectivity index (χ0n) is 13.7. The first kappa shape index (κ1) is 15.7. The quantitative estimate of drug-likeness (QED) is 0.563. The third-order valence-electron chi connectivity index (χ3n) is 4.01. The Hall–Kier alpha value is -3.14. The molecule has 4 heteroatoms. The lowest BCUT2D eigenvalue weighted by Crippen LogP contribution is -2.01. The maximum Gasteiger partial charge on any atom is 0.134 e. The molecule has 0 unspecified atom stereocenters. The van der Waals surface area contributed by atoms with E-state index in [4.69, 9.17) is 5.73 Å². The van der Waals surface area contributed by atoms with E-state index < -0.39 is 0 Å². The van der Waals surface area contributed by atoms with Crippen LogP contribution in [0.1, 0.15) is 12.5 Å². The van der Waals surface area contributed by atoms with Gasteiger partial charge in [-0.2, -0.15) is 0 Å². The first-order chi connectivity index (χ1) is 11.6. The number of anilines is 1. The highest BCUT2D eigenvalue weighted by molar-refractivity contribution is 6.04. The van der Waals surface area contributed by atoms with Crippen LogP contribution >= 0.6 is 0 Å². The molecule has 0 saturated heterocycles. The molecule has 0 aliphatic heterocycles. The fourth-order valence-electron chi connectivity index (χ4n) is 2.66. The number of aliphatic imine (C=N–C) groups is 1. The maximum atomic E-state index is 9.91. The van der Waals surface area contributed by atoms with Crippen LogP contribution in [0.25, 0.3) is 22.4 Å². The van der Waals surface area contributed by atoms with E-state index in [1.165, 1.54) is 6.20 Å². The Labute approximate surface area is 141 Å². The van der Waals surface area contributed by atoms with Crippen molar-refractivity contribution in [1.29, 1.82) is 0 Å². The van der Waals surface area contributed by atoms with Crippen LogP contribution in [0.2, 0.25) is 0 Å². The van der Waals surface area contributed by atoms with Gasteiger partial charge >= 0.3 is 0 Å². The summed E-state index contributed by atoms with van der Waals surface area (Å²) in [7, 11) is 1.74. The summed E-state index contributed by atoms with van der Waals surface area (Å²) in [6.45, 7) is 1.92. The number of hydrogen-bond acceptors (Lipinski definition) is 4. The van der Waals surface area contributed by atoms with Crippen molar-refractivity contribution in [3.05, 3.63) is 66.4 Å². The van der Waals surface area contributed by atoms with Gasteiger partial charge in [-0.05, 0) is 30.7 Å². The second kappa shape index (κ2) is 6.54. The minimum Gasteiger partial charge on any atom is -0.506 e. The van der Waals surface area contributed by atoms with Crippen LogP contribution in [0.5, 0.6) is 5.75 Å². The van der Waals surface area contributed by atoms with Gasteiger partial charge in [0.2, 0.25) is 0 Å². The smallest absolute Gasteiger partial charge is 0.134 e. The van der Waals surface area contributed by atoms with E-state index in [2.05, 4.69) is 9.98 Å². The van der Waals surface area contributed by atoms with Gasteiger partial charge in [-0.3, -0.25) is 9.98 Å². The molecule has 0 spiro atoms. The Morgan fingerprint density at radius 1 is 1.04 bits per heavy atom. The summed E-state index contributed by atoms with van der Waals surface area (Å²) < 4.78 is 0. The van der Waals surface area contributed by atoms with Crippen molar-refractivity contribution in [2.45, 2.75) is 6.92 Å². The lowest BCUT2D eigenvalue weighted by atomic mass is 9.96. The van der Waals surface area contributed by atoms with E-state index in [1.54, 1.807) is 13.1 Å². The first-order valence-corrected chi connectivity index (χ1v) is 7.68. The van der Waals surface area contributed by atoms with Gasteiger partial charge < -0.3 is 10.8 Å². The van der Waals surface area contributed by atoms with Gasteiger partial charge in [0.05, 0.1) is 11.9 Å². The topological polar surface area (TPSA) is 71.5 Å². The number of benzene rings is 2. The molecule has 3 aromatic rings. The molecule has 0 radical (unpaired) electrons. The van der Waals surface area contributed by atoms with Crippen LogP contribution in [-0.2, 0) is 0 Å². The fourth-order valence-corrected chi connectivity index (χ4v) is 2.66. The molecule has 3 rings (SSSR count). The number of pyridine rings is 1. The van der Waals surface area contributed by atoms with Crippen LogP contribution in [0.4, 0.5) is 5.69 Å². The zero-order valence-corrected chi connectivity index (χ0v) is 13.7. The number of rotatable bonds is 3. The molecule has 4 nitrogen and oxygen atoms in total. The maximum absolute atomic E-state index is 9.91. The molecule has 2 aromatic carbocycles. The van der Waals surface area contributed by atoms with Crippen molar-refractivity contribution in [1.82, 2.24) is 4.98 Å². The summed E-state index contributed by atoms with van der Waals surface area (Å²) in [5, 5.41) is 9.91. The molecule has 1 heterocycles. The van der Waals surface area contributed by atoms with Gasteiger partial charge in [0, 0.05) is 35.1 Å². The van der Waals surface area contributed by atoms with Crippen LogP contribution in [0.3, 0.4) is 0 Å². The van der Waals surface area contributed by atoms with Crippen molar-refractivity contribution in [3.8, 4) is 28.1 Å². The molecule has 0 amide bonds. The molecule has 0 fully saturated rings. The van der Waals surface area contributed by atoms with Crippen LogP contribution in [-0.4, -0.2) is 22.8 Å². The molecule has 0 bridgehead atoms. The van der Waals surface area contributed by atoms with E-state index in [1.807, 2.05) is 55.5 Å². The number of aromatic nitrogens is 1. The van der Waals surface area contributed by atoms with E-state index in [-0.39, 0.29) is 5.75 Å². The second-order valence-electron chi connectivity index (χ2n) is 5.57. The number of aromatic hydroxyl groups is 1. The molecular weight excluding hydrogens is 298 g/mol. The normalized spacial score (nSPS) is 11.5. The third kappa shape index (κ3) is 2.99. The summed E-state index contributed by atoms with van der Waals surface area (Å²) in [5.41, 5.74) is 12.1. The van der Waals surface area contributed by atoms with Gasteiger partial charge in [-0.25, -0.2) is 0 Å². The number of nitrogen functional groups attached to an aromatic ring is 1.